The van der Waals surface area contributed by atoms with Gasteiger partial charge in [-0.25, -0.2) is 4.98 Å². The van der Waals surface area contributed by atoms with Gasteiger partial charge in [-0.05, 0) is 17.7 Å². The third kappa shape index (κ3) is 4.92. The van der Waals surface area contributed by atoms with Crippen molar-refractivity contribution in [2.45, 2.75) is 17.3 Å². The molecule has 1 heterocycles. The number of H-pyrrole nitrogens is 1. The lowest BCUT2D eigenvalue weighted by atomic mass is 10.1. The van der Waals surface area contributed by atoms with E-state index in [1.165, 1.54) is 24.9 Å². The monoisotopic (exact) mass is 447 g/mol. The Morgan fingerprint density at radius 2 is 1.90 bits per heavy atom. The summed E-state index contributed by atoms with van der Waals surface area (Å²) in [5.74, 6) is 1.42. The fourth-order valence-electron chi connectivity index (χ4n) is 2.81. The second-order valence-electron chi connectivity index (χ2n) is 6.17. The lowest BCUT2D eigenvalue weighted by molar-refractivity contribution is -0.385. The van der Waals surface area contributed by atoms with E-state index >= 15 is 0 Å². The van der Waals surface area contributed by atoms with Crippen molar-refractivity contribution in [3.05, 3.63) is 84.8 Å². The maximum atomic E-state index is 12.3. The van der Waals surface area contributed by atoms with Crippen LogP contribution >= 0.6 is 23.4 Å². The lowest BCUT2D eigenvalue weighted by Crippen LogP contribution is -2.13. The van der Waals surface area contributed by atoms with Crippen LogP contribution in [0.15, 0.2) is 52.4 Å². The van der Waals surface area contributed by atoms with Gasteiger partial charge >= 0.3 is 0 Å². The Hall–Kier alpha value is -3.04. The molecule has 0 radical (unpaired) electrons. The minimum atomic E-state index is -0.466. The lowest BCUT2D eigenvalue weighted by Gasteiger charge is -2.10. The van der Waals surface area contributed by atoms with Crippen molar-refractivity contribution in [1.82, 2.24) is 9.97 Å². The van der Waals surface area contributed by atoms with Gasteiger partial charge in [0.15, 0.2) is 16.7 Å². The van der Waals surface area contributed by atoms with Crippen molar-refractivity contribution < 1.29 is 14.4 Å². The molecule has 2 aromatic carbocycles. The number of aromatic amines is 1. The Morgan fingerprint density at radius 3 is 2.60 bits per heavy atom. The Labute approximate surface area is 181 Å². The highest BCUT2D eigenvalue weighted by atomic mass is 35.5. The molecular formula is C20H18ClN3O5S. The second kappa shape index (κ2) is 9.64. The Bertz CT molecular complexity index is 1140. The third-order valence-electron chi connectivity index (χ3n) is 4.28. The molecule has 0 saturated carbocycles. The number of benzene rings is 2. The van der Waals surface area contributed by atoms with Gasteiger partial charge in [0, 0.05) is 23.8 Å². The first kappa shape index (κ1) is 21.7. The highest BCUT2D eigenvalue weighted by Gasteiger charge is 2.15. The summed E-state index contributed by atoms with van der Waals surface area (Å²) >= 11 is 7.36. The van der Waals surface area contributed by atoms with Crippen LogP contribution in [0.4, 0.5) is 5.69 Å². The van der Waals surface area contributed by atoms with Crippen LogP contribution in [-0.2, 0) is 12.2 Å². The maximum absolute atomic E-state index is 12.3. The molecule has 0 bridgehead atoms. The van der Waals surface area contributed by atoms with Crippen LogP contribution in [0.3, 0.4) is 0 Å². The molecule has 156 valence electrons. The number of hydrogen-bond donors (Lipinski definition) is 1. The number of nitrogens with one attached hydrogen (secondary N) is 1. The number of para-hydroxylation sites is 1. The number of nitrogens with zero attached hydrogens (tertiary/aromatic N) is 2. The number of ether oxygens (including phenoxy) is 2. The van der Waals surface area contributed by atoms with Crippen LogP contribution in [0.5, 0.6) is 11.5 Å². The molecule has 3 aromatic rings. The second-order valence-corrected chi connectivity index (χ2v) is 7.51. The average Bonchev–Trinajstić information content (AvgIpc) is 2.75. The van der Waals surface area contributed by atoms with Crippen molar-refractivity contribution in [1.29, 1.82) is 0 Å². The first-order chi connectivity index (χ1) is 14.4. The molecule has 10 heteroatoms. The molecule has 1 aromatic heterocycles. The fraction of sp³-hybridized carbons (Fsp3) is 0.200. The van der Waals surface area contributed by atoms with Crippen molar-refractivity contribution in [2.75, 3.05) is 14.2 Å². The van der Waals surface area contributed by atoms with Gasteiger partial charge in [-0.2, -0.15) is 0 Å². The zero-order chi connectivity index (χ0) is 21.7. The molecular weight excluding hydrogens is 430 g/mol. The first-order valence-corrected chi connectivity index (χ1v) is 10.1. The topological polar surface area (TPSA) is 107 Å². The van der Waals surface area contributed by atoms with Crippen molar-refractivity contribution in [3.63, 3.8) is 0 Å². The predicted octanol–water partition coefficient (Wildman–Crippen LogP) is 4.23. The number of halogens is 1. The number of hydrogen-bond acceptors (Lipinski definition) is 7. The smallest absolute Gasteiger partial charge is 0.273 e. The molecule has 0 aliphatic carbocycles. The number of methoxy groups -OCH3 is 2. The highest BCUT2D eigenvalue weighted by molar-refractivity contribution is 7.98. The molecule has 30 heavy (non-hydrogen) atoms. The summed E-state index contributed by atoms with van der Waals surface area (Å²) in [6.45, 7) is 0. The van der Waals surface area contributed by atoms with Crippen molar-refractivity contribution in [3.8, 4) is 11.5 Å². The molecule has 0 atom stereocenters. The highest BCUT2D eigenvalue weighted by Crippen LogP contribution is 2.30. The Balaban J connectivity index is 1.85. The molecule has 0 spiro atoms. The number of rotatable bonds is 8. The van der Waals surface area contributed by atoms with E-state index in [4.69, 9.17) is 21.1 Å². The molecule has 0 saturated heterocycles. The largest absolute Gasteiger partial charge is 0.493 e. The number of thioether (sulfide) groups is 1. The van der Waals surface area contributed by atoms with E-state index < -0.39 is 10.5 Å². The summed E-state index contributed by atoms with van der Waals surface area (Å²) < 4.78 is 10.5. The first-order valence-electron chi connectivity index (χ1n) is 8.77. The minimum Gasteiger partial charge on any atom is -0.493 e. The van der Waals surface area contributed by atoms with Crippen LogP contribution < -0.4 is 15.0 Å². The van der Waals surface area contributed by atoms with Gasteiger partial charge in [0.2, 0.25) is 0 Å². The van der Waals surface area contributed by atoms with Crippen LogP contribution in [0.25, 0.3) is 0 Å². The zero-order valence-electron chi connectivity index (χ0n) is 16.2. The van der Waals surface area contributed by atoms with Crippen LogP contribution in [0, 0.1) is 10.1 Å². The van der Waals surface area contributed by atoms with E-state index in [9.17, 15) is 14.9 Å². The molecule has 0 aliphatic heterocycles. The van der Waals surface area contributed by atoms with E-state index in [2.05, 4.69) is 9.97 Å². The van der Waals surface area contributed by atoms with Crippen molar-refractivity contribution >= 4 is 29.1 Å². The minimum absolute atomic E-state index is 0.000161. The van der Waals surface area contributed by atoms with Gasteiger partial charge in [0.1, 0.15) is 5.02 Å². The van der Waals surface area contributed by atoms with Gasteiger partial charge in [-0.15, -0.1) is 0 Å². The molecule has 0 amide bonds. The third-order valence-corrected chi connectivity index (χ3v) is 5.59. The van der Waals surface area contributed by atoms with Gasteiger partial charge < -0.3 is 14.5 Å². The zero-order valence-corrected chi connectivity index (χ0v) is 17.7. The molecule has 1 N–H and O–H groups in total. The predicted molar refractivity (Wildman–Crippen MR) is 115 cm³/mol. The Morgan fingerprint density at radius 1 is 1.17 bits per heavy atom. The number of aromatic nitrogens is 2. The SMILES string of the molecule is COc1ccc(Cc2nc(SCc3ccccc3[N+](=O)[O-])[nH]c(=O)c2Cl)cc1OC. The molecule has 0 unspecified atom stereocenters. The number of nitro benzene ring substituents is 1. The fourth-order valence-corrected chi connectivity index (χ4v) is 3.84. The summed E-state index contributed by atoms with van der Waals surface area (Å²) in [5, 5.41) is 11.5. The Kier molecular flexibility index (Phi) is 6.96. The maximum Gasteiger partial charge on any atom is 0.273 e. The summed E-state index contributed by atoms with van der Waals surface area (Å²) in [7, 11) is 3.09. The van der Waals surface area contributed by atoms with Crippen LogP contribution in [0.1, 0.15) is 16.8 Å². The van der Waals surface area contributed by atoms with Gasteiger partial charge in [0.05, 0.1) is 24.8 Å². The van der Waals surface area contributed by atoms with Crippen LogP contribution in [-0.4, -0.2) is 29.1 Å². The molecule has 0 aliphatic rings. The number of nitro groups is 1. The van der Waals surface area contributed by atoms with Crippen molar-refractivity contribution in [2.24, 2.45) is 0 Å². The van der Waals surface area contributed by atoms with Gasteiger partial charge in [0.25, 0.3) is 11.2 Å². The molecule has 8 nitrogen and oxygen atoms in total. The summed E-state index contributed by atoms with van der Waals surface area (Å²) in [6, 6.07) is 11.8. The van der Waals surface area contributed by atoms with Crippen LogP contribution in [0.2, 0.25) is 5.02 Å². The standard InChI is InChI=1S/C20H18ClN3O5S/c1-28-16-8-7-12(10-17(16)29-2)9-14-18(21)19(25)23-20(22-14)30-11-13-5-3-4-6-15(13)24(26)27/h3-8,10H,9,11H2,1-2H3,(H,22,23,25). The van der Waals surface area contributed by atoms with E-state index in [1.54, 1.807) is 37.4 Å². The summed E-state index contributed by atoms with van der Waals surface area (Å²) in [6.07, 6.45) is 0.308. The molecule has 0 fully saturated rings. The van der Waals surface area contributed by atoms with E-state index in [0.717, 1.165) is 5.56 Å². The van der Waals surface area contributed by atoms with E-state index in [-0.39, 0.29) is 16.5 Å². The average molecular weight is 448 g/mol. The van der Waals surface area contributed by atoms with Gasteiger partial charge in [-0.3, -0.25) is 14.9 Å². The quantitative estimate of drug-likeness (QED) is 0.238. The summed E-state index contributed by atoms with van der Waals surface area (Å²) in [5.41, 5.74) is 1.32. The normalized spacial score (nSPS) is 10.6. The molecule has 3 rings (SSSR count). The van der Waals surface area contributed by atoms with E-state index in [0.29, 0.717) is 34.3 Å². The summed E-state index contributed by atoms with van der Waals surface area (Å²) in [4.78, 5) is 30.1. The van der Waals surface area contributed by atoms with E-state index in [1.807, 2.05) is 6.07 Å². The van der Waals surface area contributed by atoms with Gasteiger partial charge in [-0.1, -0.05) is 47.6 Å².